The molecule has 82 valence electrons. The molecule has 5 heteroatoms. The first-order valence-electron chi connectivity index (χ1n) is 4.45. The maximum absolute atomic E-state index is 11.7. The third-order valence-electron chi connectivity index (χ3n) is 1.40. The predicted octanol–water partition coefficient (Wildman–Crippen LogP) is 0.574. The van der Waals surface area contributed by atoms with Crippen molar-refractivity contribution in [3.8, 4) is 12.3 Å². The van der Waals surface area contributed by atoms with Crippen molar-refractivity contribution in [2.75, 3.05) is 13.1 Å². The van der Waals surface area contributed by atoms with Crippen molar-refractivity contribution in [1.29, 1.82) is 0 Å². The molecule has 0 radical (unpaired) electrons. The predicted molar refractivity (Wildman–Crippen MR) is 57.9 cm³/mol. The Bertz CT molecular complexity index is 309. The summed E-state index contributed by atoms with van der Waals surface area (Å²) < 4.78 is 27.1. The molecule has 0 heterocycles. The van der Waals surface area contributed by atoms with Crippen LogP contribution in [0.2, 0.25) is 0 Å². The number of terminal acetylenes is 1. The van der Waals surface area contributed by atoms with Crippen LogP contribution in [0, 0.1) is 12.3 Å². The molecule has 0 aromatic heterocycles. The van der Waals surface area contributed by atoms with Crippen molar-refractivity contribution in [3.63, 3.8) is 0 Å². The zero-order valence-corrected chi connectivity index (χ0v) is 9.98. The topological polar surface area (TPSA) is 49.4 Å². The van der Waals surface area contributed by atoms with Gasteiger partial charge < -0.3 is 0 Å². The van der Waals surface area contributed by atoms with Gasteiger partial charge in [0.15, 0.2) is 0 Å². The Balaban J connectivity index is 4.69. The molecule has 0 aliphatic carbocycles. The third-order valence-corrected chi connectivity index (χ3v) is 3.33. The van der Waals surface area contributed by atoms with Crippen molar-refractivity contribution in [1.82, 2.24) is 9.03 Å². The Labute approximate surface area is 86.9 Å². The lowest BCUT2D eigenvalue weighted by atomic mass is 10.1. The fourth-order valence-electron chi connectivity index (χ4n) is 0.920. The normalized spacial score (nSPS) is 12.9. The van der Waals surface area contributed by atoms with E-state index >= 15 is 0 Å². The van der Waals surface area contributed by atoms with Gasteiger partial charge in [0, 0.05) is 12.1 Å². The van der Waals surface area contributed by atoms with Crippen molar-refractivity contribution >= 4 is 10.2 Å². The number of hydrogen-bond acceptors (Lipinski definition) is 2. The highest BCUT2D eigenvalue weighted by Gasteiger charge is 2.24. The summed E-state index contributed by atoms with van der Waals surface area (Å²) in [5, 5.41) is 0. The van der Waals surface area contributed by atoms with Gasteiger partial charge in [0.05, 0.1) is 6.54 Å². The average molecular weight is 218 g/mol. The second kappa shape index (κ2) is 4.78. The summed E-state index contributed by atoms with van der Waals surface area (Å²) in [5.41, 5.74) is -0.485. The molecular weight excluding hydrogens is 200 g/mol. The molecule has 0 spiro atoms. The first-order chi connectivity index (χ1) is 6.23. The van der Waals surface area contributed by atoms with E-state index in [1.807, 2.05) is 0 Å². The van der Waals surface area contributed by atoms with Crippen LogP contribution in [-0.2, 0) is 10.2 Å². The monoisotopic (exact) mass is 218 g/mol. The van der Waals surface area contributed by atoms with E-state index in [9.17, 15) is 8.42 Å². The van der Waals surface area contributed by atoms with Crippen LogP contribution in [0.15, 0.2) is 0 Å². The van der Waals surface area contributed by atoms with E-state index in [0.717, 1.165) is 0 Å². The summed E-state index contributed by atoms with van der Waals surface area (Å²) in [6.45, 7) is 7.58. The summed E-state index contributed by atoms with van der Waals surface area (Å²) in [7, 11) is -3.45. The summed E-state index contributed by atoms with van der Waals surface area (Å²) in [5.74, 6) is 2.32. The quantitative estimate of drug-likeness (QED) is 0.702. The average Bonchev–Trinajstić information content (AvgIpc) is 1.94. The van der Waals surface area contributed by atoms with Crippen molar-refractivity contribution < 1.29 is 8.42 Å². The van der Waals surface area contributed by atoms with Crippen molar-refractivity contribution in [2.24, 2.45) is 0 Å². The van der Waals surface area contributed by atoms with Gasteiger partial charge in [0.1, 0.15) is 0 Å². The highest BCUT2D eigenvalue weighted by Crippen LogP contribution is 2.05. The Hall–Kier alpha value is -0.570. The SMILES string of the molecule is C#CCN(CC)S(=O)(=O)NC(C)(C)C. The highest BCUT2D eigenvalue weighted by molar-refractivity contribution is 7.87. The van der Waals surface area contributed by atoms with Crippen LogP contribution in [-0.4, -0.2) is 31.4 Å². The molecule has 0 aromatic carbocycles. The molecule has 0 unspecified atom stereocenters. The zero-order valence-electron chi connectivity index (χ0n) is 9.16. The van der Waals surface area contributed by atoms with E-state index in [2.05, 4.69) is 10.6 Å². The van der Waals surface area contributed by atoms with Gasteiger partial charge in [-0.1, -0.05) is 12.8 Å². The van der Waals surface area contributed by atoms with Gasteiger partial charge in [0.2, 0.25) is 0 Å². The van der Waals surface area contributed by atoms with Gasteiger partial charge in [-0.25, -0.2) is 0 Å². The summed E-state index contributed by atoms with van der Waals surface area (Å²) in [4.78, 5) is 0. The molecule has 0 fully saturated rings. The van der Waals surface area contributed by atoms with E-state index in [1.54, 1.807) is 27.7 Å². The second-order valence-electron chi connectivity index (χ2n) is 3.99. The maximum atomic E-state index is 11.7. The minimum absolute atomic E-state index is 0.0991. The lowest BCUT2D eigenvalue weighted by Crippen LogP contribution is -2.48. The van der Waals surface area contributed by atoms with Crippen LogP contribution in [0.4, 0.5) is 0 Å². The minimum Gasteiger partial charge on any atom is -0.197 e. The van der Waals surface area contributed by atoms with Crippen LogP contribution in [0.1, 0.15) is 27.7 Å². The lowest BCUT2D eigenvalue weighted by Gasteiger charge is -2.25. The van der Waals surface area contributed by atoms with Gasteiger partial charge in [0.25, 0.3) is 10.2 Å². The molecule has 0 rings (SSSR count). The van der Waals surface area contributed by atoms with Crippen LogP contribution in [0.5, 0.6) is 0 Å². The van der Waals surface area contributed by atoms with E-state index < -0.39 is 15.7 Å². The van der Waals surface area contributed by atoms with Gasteiger partial charge in [-0.3, -0.25) is 0 Å². The van der Waals surface area contributed by atoms with Crippen LogP contribution < -0.4 is 4.72 Å². The fourth-order valence-corrected chi connectivity index (χ4v) is 2.41. The highest BCUT2D eigenvalue weighted by atomic mass is 32.2. The van der Waals surface area contributed by atoms with Crippen LogP contribution >= 0.6 is 0 Å². The summed E-state index contributed by atoms with van der Waals surface area (Å²) >= 11 is 0. The number of hydrogen-bond donors (Lipinski definition) is 1. The van der Waals surface area contributed by atoms with E-state index in [-0.39, 0.29) is 6.54 Å². The second-order valence-corrected chi connectivity index (χ2v) is 5.66. The Morgan fingerprint density at radius 2 is 1.93 bits per heavy atom. The number of rotatable bonds is 4. The largest absolute Gasteiger partial charge is 0.280 e. The molecule has 0 amide bonds. The van der Waals surface area contributed by atoms with E-state index in [4.69, 9.17) is 6.42 Å². The lowest BCUT2D eigenvalue weighted by molar-refractivity contribution is 0.419. The molecule has 1 N–H and O–H groups in total. The smallest absolute Gasteiger partial charge is 0.197 e. The first-order valence-corrected chi connectivity index (χ1v) is 5.89. The van der Waals surface area contributed by atoms with Crippen LogP contribution in [0.25, 0.3) is 0 Å². The number of nitrogens with zero attached hydrogens (tertiary/aromatic N) is 1. The molecule has 0 atom stereocenters. The van der Waals surface area contributed by atoms with Crippen molar-refractivity contribution in [2.45, 2.75) is 33.2 Å². The Morgan fingerprint density at radius 3 is 2.21 bits per heavy atom. The summed E-state index contributed by atoms with van der Waals surface area (Å²) in [6, 6.07) is 0. The molecule has 0 saturated heterocycles. The molecule has 4 nitrogen and oxygen atoms in total. The molecule has 0 saturated carbocycles. The van der Waals surface area contributed by atoms with E-state index in [1.165, 1.54) is 4.31 Å². The molecular formula is C9H18N2O2S. The minimum atomic E-state index is -3.45. The van der Waals surface area contributed by atoms with Gasteiger partial charge in [-0.15, -0.1) is 6.42 Å². The number of nitrogens with one attached hydrogen (secondary N) is 1. The first kappa shape index (κ1) is 13.4. The fraction of sp³-hybridized carbons (Fsp3) is 0.778. The molecule has 0 aromatic rings. The van der Waals surface area contributed by atoms with Crippen molar-refractivity contribution in [3.05, 3.63) is 0 Å². The standard InChI is InChI=1S/C9H18N2O2S/c1-6-8-11(7-2)14(12,13)10-9(3,4)5/h1,10H,7-8H2,2-5H3. The Kier molecular flexibility index (Phi) is 4.59. The Morgan fingerprint density at radius 1 is 1.43 bits per heavy atom. The third kappa shape index (κ3) is 4.61. The van der Waals surface area contributed by atoms with Gasteiger partial charge in [-0.05, 0) is 20.8 Å². The zero-order chi connectivity index (χ0) is 11.4. The molecule has 0 aliphatic rings. The summed E-state index contributed by atoms with van der Waals surface area (Å²) in [6.07, 6.45) is 5.08. The van der Waals surface area contributed by atoms with Gasteiger partial charge >= 0.3 is 0 Å². The van der Waals surface area contributed by atoms with Crippen LogP contribution in [0.3, 0.4) is 0 Å². The molecule has 14 heavy (non-hydrogen) atoms. The van der Waals surface area contributed by atoms with Gasteiger partial charge in [-0.2, -0.15) is 17.4 Å². The molecule has 0 bridgehead atoms. The maximum Gasteiger partial charge on any atom is 0.280 e. The van der Waals surface area contributed by atoms with E-state index in [0.29, 0.717) is 6.54 Å². The molecule has 0 aliphatic heterocycles.